The number of nitrogens with zero attached hydrogens (tertiary/aromatic N) is 2. The van der Waals surface area contributed by atoms with Crippen LogP contribution in [-0.4, -0.2) is 62.7 Å². The van der Waals surface area contributed by atoms with Crippen LogP contribution in [0.25, 0.3) is 0 Å². The monoisotopic (exact) mass is 253 g/mol. The molecule has 2 atom stereocenters. The van der Waals surface area contributed by atoms with Gasteiger partial charge in [0.2, 0.25) is 0 Å². The van der Waals surface area contributed by atoms with E-state index >= 15 is 0 Å². The molecule has 2 rings (SSSR count). The van der Waals surface area contributed by atoms with E-state index in [-0.39, 0.29) is 0 Å². The van der Waals surface area contributed by atoms with E-state index in [1.165, 1.54) is 52.0 Å². The summed E-state index contributed by atoms with van der Waals surface area (Å²) in [7, 11) is 4.54. The molecule has 1 N–H and O–H groups in total. The third kappa shape index (κ3) is 3.69. The minimum atomic E-state index is 0.457. The van der Waals surface area contributed by atoms with E-state index in [0.717, 1.165) is 5.92 Å². The van der Waals surface area contributed by atoms with Gasteiger partial charge >= 0.3 is 0 Å². The van der Waals surface area contributed by atoms with Crippen LogP contribution in [0.15, 0.2) is 0 Å². The molecule has 0 aromatic rings. The van der Waals surface area contributed by atoms with E-state index in [4.69, 9.17) is 0 Å². The lowest BCUT2D eigenvalue weighted by Crippen LogP contribution is -2.52. The third-order valence-corrected chi connectivity index (χ3v) is 4.89. The fourth-order valence-corrected chi connectivity index (χ4v) is 3.58. The van der Waals surface area contributed by atoms with E-state index in [9.17, 15) is 0 Å². The van der Waals surface area contributed by atoms with E-state index in [0.29, 0.717) is 11.5 Å². The van der Waals surface area contributed by atoms with Gasteiger partial charge < -0.3 is 15.1 Å². The van der Waals surface area contributed by atoms with Crippen LogP contribution in [-0.2, 0) is 0 Å². The first-order valence-electron chi connectivity index (χ1n) is 7.58. The molecular formula is C15H31N3. The van der Waals surface area contributed by atoms with Crippen LogP contribution in [0.4, 0.5) is 0 Å². The highest BCUT2D eigenvalue weighted by Crippen LogP contribution is 2.30. The zero-order chi connectivity index (χ0) is 13.2. The average molecular weight is 253 g/mol. The molecule has 106 valence electrons. The van der Waals surface area contributed by atoms with E-state index in [1.807, 2.05) is 0 Å². The zero-order valence-electron chi connectivity index (χ0n) is 12.7. The van der Waals surface area contributed by atoms with Gasteiger partial charge in [-0.3, -0.25) is 0 Å². The number of rotatable bonds is 4. The molecule has 2 fully saturated rings. The lowest BCUT2D eigenvalue weighted by molar-refractivity contribution is 0.131. The van der Waals surface area contributed by atoms with Crippen LogP contribution in [0.2, 0.25) is 0 Å². The van der Waals surface area contributed by atoms with Gasteiger partial charge in [0.15, 0.2) is 0 Å². The summed E-state index contributed by atoms with van der Waals surface area (Å²) in [5.74, 6) is 0.881. The average Bonchev–Trinajstić information content (AvgIpc) is 2.67. The Kier molecular flexibility index (Phi) is 4.68. The molecule has 2 aliphatic rings. The van der Waals surface area contributed by atoms with Crippen molar-refractivity contribution in [3.63, 3.8) is 0 Å². The quantitative estimate of drug-likeness (QED) is 0.822. The number of hydrogen-bond donors (Lipinski definition) is 1. The van der Waals surface area contributed by atoms with E-state index < -0.39 is 0 Å². The SMILES string of the molecule is CN1CCC(CN(C)CC2NCCCC2(C)C)C1. The molecule has 2 unspecified atom stereocenters. The van der Waals surface area contributed by atoms with Crippen molar-refractivity contribution in [3.8, 4) is 0 Å². The van der Waals surface area contributed by atoms with Crippen molar-refractivity contribution < 1.29 is 0 Å². The second-order valence-electron chi connectivity index (χ2n) is 7.24. The maximum atomic E-state index is 3.72. The highest BCUT2D eigenvalue weighted by Gasteiger charge is 2.33. The first kappa shape index (κ1) is 14.3. The second kappa shape index (κ2) is 5.89. The minimum Gasteiger partial charge on any atom is -0.312 e. The van der Waals surface area contributed by atoms with Gasteiger partial charge in [0.05, 0.1) is 0 Å². The molecule has 2 aliphatic heterocycles. The number of piperidine rings is 1. The van der Waals surface area contributed by atoms with Crippen LogP contribution in [0.3, 0.4) is 0 Å². The molecule has 0 aliphatic carbocycles. The van der Waals surface area contributed by atoms with Crippen molar-refractivity contribution in [1.29, 1.82) is 0 Å². The first-order valence-corrected chi connectivity index (χ1v) is 7.58. The smallest absolute Gasteiger partial charge is 0.0245 e. The summed E-state index contributed by atoms with van der Waals surface area (Å²) in [6, 6.07) is 0.662. The summed E-state index contributed by atoms with van der Waals surface area (Å²) >= 11 is 0. The van der Waals surface area contributed by atoms with Crippen LogP contribution in [0, 0.1) is 11.3 Å². The first-order chi connectivity index (χ1) is 8.47. The summed E-state index contributed by atoms with van der Waals surface area (Å²) in [6.45, 7) is 11.1. The maximum absolute atomic E-state index is 3.72. The number of nitrogens with one attached hydrogen (secondary N) is 1. The van der Waals surface area contributed by atoms with Crippen LogP contribution in [0.5, 0.6) is 0 Å². The van der Waals surface area contributed by atoms with Gasteiger partial charge in [0, 0.05) is 25.7 Å². The topological polar surface area (TPSA) is 18.5 Å². The minimum absolute atomic E-state index is 0.457. The normalized spacial score (nSPS) is 33.2. The molecule has 0 saturated carbocycles. The molecule has 2 heterocycles. The molecule has 0 amide bonds. The highest BCUT2D eigenvalue weighted by molar-refractivity contribution is 4.90. The van der Waals surface area contributed by atoms with Crippen molar-refractivity contribution in [2.45, 2.75) is 39.2 Å². The Labute approximate surface area is 113 Å². The Hall–Kier alpha value is -0.120. The molecule has 2 saturated heterocycles. The fourth-order valence-electron chi connectivity index (χ4n) is 3.58. The molecule has 0 aromatic carbocycles. The van der Waals surface area contributed by atoms with Gasteiger partial charge in [0.1, 0.15) is 0 Å². The van der Waals surface area contributed by atoms with Crippen molar-refractivity contribution >= 4 is 0 Å². The Balaban J connectivity index is 1.77. The van der Waals surface area contributed by atoms with Crippen LogP contribution < -0.4 is 5.32 Å². The van der Waals surface area contributed by atoms with E-state index in [2.05, 4.69) is 43.1 Å². The van der Waals surface area contributed by atoms with Crippen LogP contribution in [0.1, 0.15) is 33.1 Å². The third-order valence-electron chi connectivity index (χ3n) is 4.89. The Morgan fingerprint density at radius 2 is 2.11 bits per heavy atom. The Morgan fingerprint density at radius 1 is 1.33 bits per heavy atom. The Bertz CT molecular complexity index is 264. The van der Waals surface area contributed by atoms with E-state index in [1.54, 1.807) is 0 Å². The lowest BCUT2D eigenvalue weighted by atomic mass is 9.77. The van der Waals surface area contributed by atoms with Crippen molar-refractivity contribution in [1.82, 2.24) is 15.1 Å². The largest absolute Gasteiger partial charge is 0.312 e. The summed E-state index contributed by atoms with van der Waals surface area (Å²) < 4.78 is 0. The summed E-state index contributed by atoms with van der Waals surface area (Å²) in [5.41, 5.74) is 0.457. The van der Waals surface area contributed by atoms with Gasteiger partial charge in [0.25, 0.3) is 0 Å². The number of hydrogen-bond acceptors (Lipinski definition) is 3. The van der Waals surface area contributed by atoms with Crippen molar-refractivity contribution in [3.05, 3.63) is 0 Å². The van der Waals surface area contributed by atoms with Crippen LogP contribution >= 0.6 is 0 Å². The highest BCUT2D eigenvalue weighted by atomic mass is 15.2. The van der Waals surface area contributed by atoms with Gasteiger partial charge in [-0.15, -0.1) is 0 Å². The number of likely N-dealkylation sites (N-methyl/N-ethyl adjacent to an activating group) is 1. The second-order valence-corrected chi connectivity index (χ2v) is 7.24. The molecule has 3 heteroatoms. The lowest BCUT2D eigenvalue weighted by Gasteiger charge is -2.41. The predicted molar refractivity (Wildman–Crippen MR) is 77.9 cm³/mol. The summed E-state index contributed by atoms with van der Waals surface area (Å²) in [6.07, 6.45) is 4.08. The predicted octanol–water partition coefficient (Wildman–Crippen LogP) is 1.65. The molecule has 0 aromatic heterocycles. The Morgan fingerprint density at radius 3 is 2.72 bits per heavy atom. The molecule has 0 radical (unpaired) electrons. The van der Waals surface area contributed by atoms with Gasteiger partial charge in [-0.1, -0.05) is 13.8 Å². The number of likely N-dealkylation sites (tertiary alicyclic amines) is 1. The fraction of sp³-hybridized carbons (Fsp3) is 1.00. The van der Waals surface area contributed by atoms with Crippen molar-refractivity contribution in [2.24, 2.45) is 11.3 Å². The molecule has 0 spiro atoms. The standard InChI is InChI=1S/C15H31N3/c1-15(2)7-5-8-16-14(15)12-18(4)11-13-6-9-17(3)10-13/h13-14,16H,5-12H2,1-4H3. The molecular weight excluding hydrogens is 222 g/mol. The molecule has 3 nitrogen and oxygen atoms in total. The maximum Gasteiger partial charge on any atom is 0.0245 e. The zero-order valence-corrected chi connectivity index (χ0v) is 12.7. The molecule has 18 heavy (non-hydrogen) atoms. The molecule has 0 bridgehead atoms. The summed E-state index contributed by atoms with van der Waals surface area (Å²) in [5, 5.41) is 3.72. The van der Waals surface area contributed by atoms with Crippen molar-refractivity contribution in [2.75, 3.05) is 46.8 Å². The van der Waals surface area contributed by atoms with Gasteiger partial charge in [-0.2, -0.15) is 0 Å². The van der Waals surface area contributed by atoms with Gasteiger partial charge in [-0.25, -0.2) is 0 Å². The summed E-state index contributed by atoms with van der Waals surface area (Å²) in [4.78, 5) is 5.01. The van der Waals surface area contributed by atoms with Gasteiger partial charge in [-0.05, 0) is 57.8 Å².